The molecule has 1 N–H and O–H groups in total. The molecular formula is C11H9Cl2NOS. The SMILES string of the molecule is OC(Cc1ccc(Cl)s1)c1ccnc(Cl)c1. The van der Waals surface area contributed by atoms with Crippen LogP contribution in [0.3, 0.4) is 0 Å². The molecule has 5 heteroatoms. The number of aliphatic hydroxyl groups excluding tert-OH is 1. The normalized spacial score (nSPS) is 12.7. The van der Waals surface area contributed by atoms with Gasteiger partial charge < -0.3 is 5.11 Å². The maximum absolute atomic E-state index is 9.98. The minimum Gasteiger partial charge on any atom is -0.388 e. The lowest BCUT2D eigenvalue weighted by Crippen LogP contribution is -2.00. The van der Waals surface area contributed by atoms with Gasteiger partial charge in [-0.1, -0.05) is 23.2 Å². The first-order chi connectivity index (χ1) is 7.65. The van der Waals surface area contributed by atoms with Crippen molar-refractivity contribution in [2.75, 3.05) is 0 Å². The summed E-state index contributed by atoms with van der Waals surface area (Å²) in [7, 11) is 0. The van der Waals surface area contributed by atoms with Crippen molar-refractivity contribution in [3.05, 3.63) is 50.4 Å². The smallest absolute Gasteiger partial charge is 0.129 e. The Bertz CT molecular complexity index is 486. The number of hydrogen-bond donors (Lipinski definition) is 1. The fourth-order valence-corrected chi connectivity index (χ4v) is 2.70. The summed E-state index contributed by atoms with van der Waals surface area (Å²) >= 11 is 13.0. The lowest BCUT2D eigenvalue weighted by atomic mass is 10.1. The van der Waals surface area contributed by atoms with Crippen LogP contribution in [0.15, 0.2) is 30.5 Å². The van der Waals surface area contributed by atoms with Gasteiger partial charge in [-0.05, 0) is 29.8 Å². The second-order valence-corrected chi connectivity index (χ2v) is 5.52. The minimum atomic E-state index is -0.574. The third kappa shape index (κ3) is 2.95. The summed E-state index contributed by atoms with van der Waals surface area (Å²) in [5.74, 6) is 0. The largest absolute Gasteiger partial charge is 0.388 e. The Labute approximate surface area is 107 Å². The second kappa shape index (κ2) is 5.15. The summed E-state index contributed by atoms with van der Waals surface area (Å²) in [5.41, 5.74) is 0.768. The van der Waals surface area contributed by atoms with Gasteiger partial charge in [0.15, 0.2) is 0 Å². The van der Waals surface area contributed by atoms with Gasteiger partial charge in [0.05, 0.1) is 10.4 Å². The number of thiophene rings is 1. The first-order valence-electron chi connectivity index (χ1n) is 4.69. The average Bonchev–Trinajstić information content (AvgIpc) is 2.64. The van der Waals surface area contributed by atoms with Gasteiger partial charge >= 0.3 is 0 Å². The van der Waals surface area contributed by atoms with Crippen LogP contribution in [0.2, 0.25) is 9.49 Å². The highest BCUT2D eigenvalue weighted by molar-refractivity contribution is 7.16. The number of nitrogens with zero attached hydrogens (tertiary/aromatic N) is 1. The van der Waals surface area contributed by atoms with Crippen LogP contribution < -0.4 is 0 Å². The first kappa shape index (κ1) is 11.9. The number of halogens is 2. The Kier molecular flexibility index (Phi) is 3.82. The van der Waals surface area contributed by atoms with Crippen molar-refractivity contribution in [1.29, 1.82) is 0 Å². The van der Waals surface area contributed by atoms with Crippen LogP contribution in [-0.2, 0) is 6.42 Å². The van der Waals surface area contributed by atoms with Crippen LogP contribution in [0.5, 0.6) is 0 Å². The third-order valence-corrected chi connectivity index (χ3v) is 3.62. The summed E-state index contributed by atoms with van der Waals surface area (Å²) in [4.78, 5) is 4.92. The molecule has 0 aliphatic heterocycles. The van der Waals surface area contributed by atoms with E-state index < -0.39 is 6.10 Å². The number of aliphatic hydroxyl groups is 1. The standard InChI is InChI=1S/C11H9Cl2NOS/c12-10-5-7(3-4-14-10)9(15)6-8-1-2-11(13)16-8/h1-5,9,15H,6H2. The molecule has 0 saturated heterocycles. The van der Waals surface area contributed by atoms with Gasteiger partial charge in [-0.2, -0.15) is 0 Å². The van der Waals surface area contributed by atoms with E-state index in [4.69, 9.17) is 23.2 Å². The van der Waals surface area contributed by atoms with E-state index in [9.17, 15) is 5.11 Å². The number of hydrogen-bond acceptors (Lipinski definition) is 3. The predicted octanol–water partition coefficient (Wildman–Crippen LogP) is 3.73. The summed E-state index contributed by atoms with van der Waals surface area (Å²) < 4.78 is 0.731. The van der Waals surface area contributed by atoms with Crippen molar-refractivity contribution in [2.24, 2.45) is 0 Å². The van der Waals surface area contributed by atoms with E-state index in [2.05, 4.69) is 4.98 Å². The fourth-order valence-electron chi connectivity index (χ4n) is 1.39. The molecule has 0 aromatic carbocycles. The van der Waals surface area contributed by atoms with Crippen LogP contribution in [0, 0.1) is 0 Å². The third-order valence-electron chi connectivity index (χ3n) is 2.16. The van der Waals surface area contributed by atoms with Crippen LogP contribution in [0.4, 0.5) is 0 Å². The van der Waals surface area contributed by atoms with Crippen LogP contribution in [0.25, 0.3) is 0 Å². The van der Waals surface area contributed by atoms with Crippen molar-refractivity contribution >= 4 is 34.5 Å². The first-order valence-corrected chi connectivity index (χ1v) is 6.26. The van der Waals surface area contributed by atoms with Gasteiger partial charge in [0.2, 0.25) is 0 Å². The molecule has 2 heterocycles. The Balaban J connectivity index is 2.11. The van der Waals surface area contributed by atoms with Crippen molar-refractivity contribution in [3.63, 3.8) is 0 Å². The molecule has 0 saturated carbocycles. The van der Waals surface area contributed by atoms with E-state index in [1.807, 2.05) is 12.1 Å². The van der Waals surface area contributed by atoms with E-state index >= 15 is 0 Å². The quantitative estimate of drug-likeness (QED) is 0.865. The van der Waals surface area contributed by atoms with Gasteiger partial charge in [0.25, 0.3) is 0 Å². The van der Waals surface area contributed by atoms with Crippen molar-refractivity contribution in [3.8, 4) is 0 Å². The van der Waals surface area contributed by atoms with E-state index in [1.54, 1.807) is 18.3 Å². The average molecular weight is 274 g/mol. The molecule has 0 bridgehead atoms. The minimum absolute atomic E-state index is 0.390. The van der Waals surface area contributed by atoms with Crippen molar-refractivity contribution in [1.82, 2.24) is 4.98 Å². The molecule has 84 valence electrons. The molecule has 2 nitrogen and oxygen atoms in total. The molecule has 1 unspecified atom stereocenters. The molecule has 0 amide bonds. The predicted molar refractivity (Wildman–Crippen MR) is 67.2 cm³/mol. The second-order valence-electron chi connectivity index (χ2n) is 3.34. The maximum atomic E-state index is 9.98. The van der Waals surface area contributed by atoms with E-state index in [0.717, 1.165) is 14.8 Å². The summed E-state index contributed by atoms with van der Waals surface area (Å²) in [6.45, 7) is 0. The Morgan fingerprint density at radius 2 is 2.12 bits per heavy atom. The Hall–Kier alpha value is -0.610. The van der Waals surface area contributed by atoms with Crippen LogP contribution in [0.1, 0.15) is 16.5 Å². The summed E-state index contributed by atoms with van der Waals surface area (Å²) in [6, 6.07) is 7.17. The topological polar surface area (TPSA) is 33.1 Å². The monoisotopic (exact) mass is 273 g/mol. The molecule has 0 fully saturated rings. The Morgan fingerprint density at radius 1 is 1.31 bits per heavy atom. The number of pyridine rings is 1. The molecule has 0 radical (unpaired) electrons. The molecule has 1 atom stereocenters. The molecular weight excluding hydrogens is 265 g/mol. The molecule has 0 aliphatic rings. The summed E-state index contributed by atoms with van der Waals surface area (Å²) in [6.07, 6.45) is 1.55. The van der Waals surface area contributed by atoms with Gasteiger partial charge in [0.1, 0.15) is 5.15 Å². The van der Waals surface area contributed by atoms with Crippen LogP contribution in [-0.4, -0.2) is 10.1 Å². The highest BCUT2D eigenvalue weighted by atomic mass is 35.5. The van der Waals surface area contributed by atoms with E-state index in [0.29, 0.717) is 11.6 Å². The highest BCUT2D eigenvalue weighted by Crippen LogP contribution is 2.26. The van der Waals surface area contributed by atoms with Gasteiger partial charge in [-0.15, -0.1) is 11.3 Å². The molecule has 2 aromatic heterocycles. The summed E-state index contributed by atoms with van der Waals surface area (Å²) in [5, 5.41) is 10.4. The van der Waals surface area contributed by atoms with Crippen LogP contribution >= 0.6 is 34.5 Å². The van der Waals surface area contributed by atoms with Gasteiger partial charge in [-0.3, -0.25) is 0 Å². The maximum Gasteiger partial charge on any atom is 0.129 e. The molecule has 16 heavy (non-hydrogen) atoms. The molecule has 2 aromatic rings. The fraction of sp³-hybridized carbons (Fsp3) is 0.182. The number of aromatic nitrogens is 1. The van der Waals surface area contributed by atoms with Gasteiger partial charge in [-0.25, -0.2) is 4.98 Å². The highest BCUT2D eigenvalue weighted by Gasteiger charge is 2.10. The van der Waals surface area contributed by atoms with Crippen molar-refractivity contribution in [2.45, 2.75) is 12.5 Å². The lowest BCUT2D eigenvalue weighted by molar-refractivity contribution is 0.179. The molecule has 0 aliphatic carbocycles. The van der Waals surface area contributed by atoms with E-state index in [-0.39, 0.29) is 0 Å². The molecule has 0 spiro atoms. The Morgan fingerprint density at radius 3 is 2.75 bits per heavy atom. The number of rotatable bonds is 3. The van der Waals surface area contributed by atoms with Gasteiger partial charge in [0, 0.05) is 17.5 Å². The van der Waals surface area contributed by atoms with E-state index in [1.165, 1.54) is 11.3 Å². The zero-order valence-electron chi connectivity index (χ0n) is 8.23. The lowest BCUT2D eigenvalue weighted by Gasteiger charge is -2.09. The zero-order valence-corrected chi connectivity index (χ0v) is 10.6. The zero-order chi connectivity index (χ0) is 11.5. The van der Waals surface area contributed by atoms with Crippen molar-refractivity contribution < 1.29 is 5.11 Å². The molecule has 2 rings (SSSR count).